The molecule has 0 saturated heterocycles. The van der Waals surface area contributed by atoms with E-state index in [0.29, 0.717) is 12.6 Å². The van der Waals surface area contributed by atoms with Crippen LogP contribution in [0.15, 0.2) is 30.3 Å². The van der Waals surface area contributed by atoms with E-state index in [1.54, 1.807) is 0 Å². The number of aliphatic hydroxyl groups is 1. The minimum atomic E-state index is 0.316. The highest BCUT2D eigenvalue weighted by molar-refractivity contribution is 5.14. The number of benzene rings is 1. The zero-order valence-corrected chi connectivity index (χ0v) is 11.4. The van der Waals surface area contributed by atoms with Gasteiger partial charge in [0.1, 0.15) is 0 Å². The van der Waals surface area contributed by atoms with Crippen molar-refractivity contribution in [1.82, 2.24) is 4.90 Å². The second kappa shape index (κ2) is 6.91. The van der Waals surface area contributed by atoms with E-state index in [0.717, 1.165) is 31.8 Å². The fraction of sp³-hybridized carbons (Fsp3) is 0.625. The lowest BCUT2D eigenvalue weighted by atomic mass is 10.1. The first kappa shape index (κ1) is 13.6. The predicted octanol–water partition coefficient (Wildman–Crippen LogP) is 3.06. The molecular weight excluding hydrogens is 222 g/mol. The highest BCUT2D eigenvalue weighted by Gasteiger charge is 2.31. The standard InChI is InChI=1S/C16H25NO/c1-14(16-9-10-16)17(11-5-6-12-18)13-15-7-3-2-4-8-15/h2-4,7-8,14,16,18H,5-6,9-13H2,1H3. The Morgan fingerprint density at radius 1 is 1.22 bits per heavy atom. The van der Waals surface area contributed by atoms with Crippen LogP contribution in [-0.4, -0.2) is 29.2 Å². The van der Waals surface area contributed by atoms with Crippen molar-refractivity contribution in [3.63, 3.8) is 0 Å². The minimum absolute atomic E-state index is 0.316. The molecule has 1 aromatic carbocycles. The average molecular weight is 247 g/mol. The maximum absolute atomic E-state index is 8.91. The molecule has 1 unspecified atom stereocenters. The molecule has 0 aromatic heterocycles. The Labute approximate surface area is 111 Å². The molecule has 0 aliphatic heterocycles. The first-order chi connectivity index (χ1) is 8.81. The summed E-state index contributed by atoms with van der Waals surface area (Å²) in [4.78, 5) is 2.59. The van der Waals surface area contributed by atoms with Gasteiger partial charge >= 0.3 is 0 Å². The topological polar surface area (TPSA) is 23.5 Å². The molecule has 1 aromatic rings. The minimum Gasteiger partial charge on any atom is -0.396 e. The summed E-state index contributed by atoms with van der Waals surface area (Å²) in [5, 5.41) is 8.91. The Morgan fingerprint density at radius 3 is 2.56 bits per heavy atom. The molecule has 0 radical (unpaired) electrons. The van der Waals surface area contributed by atoms with Crippen LogP contribution in [0, 0.1) is 5.92 Å². The van der Waals surface area contributed by atoms with Crippen LogP contribution in [0.5, 0.6) is 0 Å². The van der Waals surface area contributed by atoms with Gasteiger partial charge in [-0.05, 0) is 50.6 Å². The second-order valence-electron chi connectivity index (χ2n) is 5.46. The van der Waals surface area contributed by atoms with Crippen molar-refractivity contribution in [3.05, 3.63) is 35.9 Å². The van der Waals surface area contributed by atoms with Gasteiger partial charge in [-0.25, -0.2) is 0 Å². The van der Waals surface area contributed by atoms with Crippen LogP contribution in [0.25, 0.3) is 0 Å². The van der Waals surface area contributed by atoms with E-state index in [1.165, 1.54) is 18.4 Å². The quantitative estimate of drug-likeness (QED) is 0.714. The zero-order valence-electron chi connectivity index (χ0n) is 11.4. The van der Waals surface area contributed by atoms with E-state index >= 15 is 0 Å². The van der Waals surface area contributed by atoms with E-state index in [4.69, 9.17) is 5.11 Å². The van der Waals surface area contributed by atoms with Crippen molar-refractivity contribution in [1.29, 1.82) is 0 Å². The van der Waals surface area contributed by atoms with Crippen molar-refractivity contribution in [3.8, 4) is 0 Å². The van der Waals surface area contributed by atoms with Crippen molar-refractivity contribution in [2.75, 3.05) is 13.2 Å². The van der Waals surface area contributed by atoms with Crippen LogP contribution in [-0.2, 0) is 6.54 Å². The van der Waals surface area contributed by atoms with Gasteiger partial charge in [-0.2, -0.15) is 0 Å². The van der Waals surface area contributed by atoms with E-state index in [2.05, 4.69) is 42.2 Å². The van der Waals surface area contributed by atoms with Gasteiger partial charge in [-0.1, -0.05) is 30.3 Å². The molecule has 2 rings (SSSR count). The van der Waals surface area contributed by atoms with Crippen molar-refractivity contribution in [2.24, 2.45) is 5.92 Å². The predicted molar refractivity (Wildman–Crippen MR) is 75.4 cm³/mol. The highest BCUT2D eigenvalue weighted by atomic mass is 16.2. The lowest BCUT2D eigenvalue weighted by Crippen LogP contribution is -2.35. The van der Waals surface area contributed by atoms with Crippen molar-refractivity contribution >= 4 is 0 Å². The molecule has 1 atom stereocenters. The smallest absolute Gasteiger partial charge is 0.0431 e. The van der Waals surface area contributed by atoms with Crippen molar-refractivity contribution in [2.45, 2.75) is 45.2 Å². The first-order valence-electron chi connectivity index (χ1n) is 7.20. The first-order valence-corrected chi connectivity index (χ1v) is 7.20. The molecule has 2 heteroatoms. The van der Waals surface area contributed by atoms with Gasteiger partial charge in [0.25, 0.3) is 0 Å². The molecule has 1 fully saturated rings. The molecule has 1 N–H and O–H groups in total. The summed E-state index contributed by atoms with van der Waals surface area (Å²) in [6.07, 6.45) is 4.81. The molecule has 0 amide bonds. The van der Waals surface area contributed by atoms with E-state index < -0.39 is 0 Å². The van der Waals surface area contributed by atoms with E-state index in [-0.39, 0.29) is 0 Å². The van der Waals surface area contributed by atoms with Gasteiger partial charge < -0.3 is 5.11 Å². The molecule has 1 aliphatic rings. The monoisotopic (exact) mass is 247 g/mol. The largest absolute Gasteiger partial charge is 0.396 e. The van der Waals surface area contributed by atoms with Crippen LogP contribution in [0.2, 0.25) is 0 Å². The van der Waals surface area contributed by atoms with Gasteiger partial charge in [0.05, 0.1) is 0 Å². The molecule has 18 heavy (non-hydrogen) atoms. The fourth-order valence-electron chi connectivity index (χ4n) is 2.55. The van der Waals surface area contributed by atoms with Crippen LogP contribution in [0.3, 0.4) is 0 Å². The molecule has 0 bridgehead atoms. The Balaban J connectivity index is 1.90. The van der Waals surface area contributed by atoms with Crippen LogP contribution in [0.1, 0.15) is 38.2 Å². The van der Waals surface area contributed by atoms with E-state index in [9.17, 15) is 0 Å². The summed E-state index contributed by atoms with van der Waals surface area (Å²) in [6.45, 7) is 4.83. The summed E-state index contributed by atoms with van der Waals surface area (Å²) in [5.41, 5.74) is 1.40. The summed E-state index contributed by atoms with van der Waals surface area (Å²) in [7, 11) is 0. The van der Waals surface area contributed by atoms with Gasteiger partial charge in [0.15, 0.2) is 0 Å². The summed E-state index contributed by atoms with van der Waals surface area (Å²) in [5.74, 6) is 0.905. The highest BCUT2D eigenvalue weighted by Crippen LogP contribution is 2.35. The summed E-state index contributed by atoms with van der Waals surface area (Å²) in [6, 6.07) is 11.4. The Morgan fingerprint density at radius 2 is 1.94 bits per heavy atom. The van der Waals surface area contributed by atoms with E-state index in [1.807, 2.05) is 0 Å². The molecule has 0 spiro atoms. The molecule has 2 nitrogen and oxygen atoms in total. The van der Waals surface area contributed by atoms with Gasteiger partial charge in [0, 0.05) is 19.2 Å². The summed E-state index contributed by atoms with van der Waals surface area (Å²) >= 11 is 0. The zero-order chi connectivity index (χ0) is 12.8. The number of unbranched alkanes of at least 4 members (excludes halogenated alkanes) is 1. The lowest BCUT2D eigenvalue weighted by molar-refractivity contribution is 0.171. The van der Waals surface area contributed by atoms with Crippen LogP contribution < -0.4 is 0 Å². The third-order valence-electron chi connectivity index (χ3n) is 3.96. The van der Waals surface area contributed by atoms with Crippen LogP contribution in [0.4, 0.5) is 0 Å². The molecule has 100 valence electrons. The number of hydrogen-bond donors (Lipinski definition) is 1. The number of rotatable bonds is 8. The van der Waals surface area contributed by atoms with Gasteiger partial charge in [-0.15, -0.1) is 0 Å². The summed E-state index contributed by atoms with van der Waals surface area (Å²) < 4.78 is 0. The maximum Gasteiger partial charge on any atom is 0.0431 e. The third-order valence-corrected chi connectivity index (χ3v) is 3.96. The van der Waals surface area contributed by atoms with Crippen molar-refractivity contribution < 1.29 is 5.11 Å². The molecular formula is C16H25NO. The SMILES string of the molecule is CC(C1CC1)N(CCCCO)Cc1ccccc1. The van der Waals surface area contributed by atoms with Crippen LogP contribution >= 0.6 is 0 Å². The fourth-order valence-corrected chi connectivity index (χ4v) is 2.55. The van der Waals surface area contributed by atoms with Gasteiger partial charge in [-0.3, -0.25) is 4.90 Å². The Bertz CT molecular complexity index is 334. The Kier molecular flexibility index (Phi) is 5.21. The normalized spacial score (nSPS) is 17.1. The average Bonchev–Trinajstić information content (AvgIpc) is 3.22. The maximum atomic E-state index is 8.91. The molecule has 1 saturated carbocycles. The molecule has 0 heterocycles. The second-order valence-corrected chi connectivity index (χ2v) is 5.46. The number of aliphatic hydroxyl groups excluding tert-OH is 1. The lowest BCUT2D eigenvalue weighted by Gasteiger charge is -2.29. The number of hydrogen-bond acceptors (Lipinski definition) is 2. The Hall–Kier alpha value is -0.860. The number of nitrogens with zero attached hydrogens (tertiary/aromatic N) is 1. The third kappa shape index (κ3) is 4.11. The molecule has 1 aliphatic carbocycles. The van der Waals surface area contributed by atoms with Gasteiger partial charge in [0.2, 0.25) is 0 Å².